The summed E-state index contributed by atoms with van der Waals surface area (Å²) in [7, 11) is -3.82. The molecule has 0 saturated carbocycles. The molecule has 154 valence electrons. The highest BCUT2D eigenvalue weighted by molar-refractivity contribution is 7.89. The van der Waals surface area contributed by atoms with Gasteiger partial charge < -0.3 is 8.98 Å². The van der Waals surface area contributed by atoms with E-state index in [1.54, 1.807) is 25.5 Å². The lowest BCUT2D eigenvalue weighted by molar-refractivity contribution is 0.452. The van der Waals surface area contributed by atoms with Crippen molar-refractivity contribution in [3.05, 3.63) is 66.3 Å². The maximum atomic E-state index is 13.7. The van der Waals surface area contributed by atoms with Gasteiger partial charge in [-0.1, -0.05) is 6.07 Å². The van der Waals surface area contributed by atoms with Gasteiger partial charge in [-0.15, -0.1) is 0 Å². The van der Waals surface area contributed by atoms with Crippen LogP contribution >= 0.6 is 0 Å². The Morgan fingerprint density at radius 1 is 1.20 bits per heavy atom. The quantitative estimate of drug-likeness (QED) is 0.496. The Morgan fingerprint density at radius 2 is 2.07 bits per heavy atom. The Labute approximate surface area is 172 Å². The molecule has 1 atom stereocenters. The Hall–Kier alpha value is -3.04. The van der Waals surface area contributed by atoms with Crippen LogP contribution in [0.15, 0.2) is 64.2 Å². The molecular formula is C21H19FN4O3S. The molecule has 5 rings (SSSR count). The fourth-order valence-electron chi connectivity index (χ4n) is 3.99. The molecule has 1 aliphatic heterocycles. The first-order chi connectivity index (χ1) is 14.4. The molecule has 4 aromatic rings. The van der Waals surface area contributed by atoms with E-state index in [1.807, 2.05) is 22.8 Å². The number of furan rings is 1. The number of aryl methyl sites for hydroxylation is 1. The van der Waals surface area contributed by atoms with Crippen LogP contribution in [0, 0.1) is 12.7 Å². The van der Waals surface area contributed by atoms with Gasteiger partial charge in [0.25, 0.3) is 0 Å². The number of fused-ring (bicyclic) bond motifs is 1. The summed E-state index contributed by atoms with van der Waals surface area (Å²) in [5.41, 5.74) is 1.91. The number of halogens is 1. The monoisotopic (exact) mass is 426 g/mol. The first kappa shape index (κ1) is 19.0. The normalized spacial score (nSPS) is 17.7. The van der Waals surface area contributed by atoms with Crippen molar-refractivity contribution in [2.24, 2.45) is 0 Å². The van der Waals surface area contributed by atoms with Crippen LogP contribution in [0.4, 0.5) is 4.39 Å². The average Bonchev–Trinajstić information content (AvgIpc) is 3.48. The highest BCUT2D eigenvalue weighted by atomic mass is 32.2. The lowest BCUT2D eigenvalue weighted by Gasteiger charge is -2.19. The Kier molecular flexibility index (Phi) is 4.44. The predicted molar refractivity (Wildman–Crippen MR) is 109 cm³/mol. The zero-order chi connectivity index (χ0) is 20.9. The largest absolute Gasteiger partial charge is 0.461 e. The van der Waals surface area contributed by atoms with Crippen molar-refractivity contribution in [3.8, 4) is 11.6 Å². The molecule has 1 saturated heterocycles. The van der Waals surface area contributed by atoms with E-state index >= 15 is 0 Å². The molecule has 7 nitrogen and oxygen atoms in total. The fraction of sp³-hybridized carbons (Fsp3) is 0.238. The zero-order valence-electron chi connectivity index (χ0n) is 16.2. The third-order valence-electron chi connectivity index (χ3n) is 5.45. The maximum absolute atomic E-state index is 13.7. The molecule has 9 heteroatoms. The second-order valence-electron chi connectivity index (χ2n) is 7.34. The van der Waals surface area contributed by atoms with E-state index in [2.05, 4.69) is 9.97 Å². The van der Waals surface area contributed by atoms with Crippen LogP contribution in [-0.4, -0.2) is 40.3 Å². The number of rotatable bonds is 4. The number of nitrogens with zero attached hydrogens (tertiary/aromatic N) is 4. The van der Waals surface area contributed by atoms with Crippen LogP contribution in [0.1, 0.15) is 18.0 Å². The topological polar surface area (TPSA) is 81.2 Å². The van der Waals surface area contributed by atoms with Gasteiger partial charge in [0.05, 0.1) is 17.2 Å². The van der Waals surface area contributed by atoms with Gasteiger partial charge >= 0.3 is 0 Å². The van der Waals surface area contributed by atoms with Gasteiger partial charge in [0.1, 0.15) is 11.3 Å². The number of hydrogen-bond acceptors (Lipinski definition) is 5. The molecule has 0 bridgehead atoms. The zero-order valence-corrected chi connectivity index (χ0v) is 17.0. The van der Waals surface area contributed by atoms with Crippen LogP contribution in [-0.2, 0) is 10.0 Å². The SMILES string of the molecule is Cc1ccc(F)cc1S(=O)(=O)N1CC[C@@H](n2c(-c3ccco3)nc3cccnc32)C1. The summed E-state index contributed by atoms with van der Waals surface area (Å²) in [4.78, 5) is 9.13. The molecule has 1 aliphatic rings. The smallest absolute Gasteiger partial charge is 0.243 e. The van der Waals surface area contributed by atoms with Crippen molar-refractivity contribution < 1.29 is 17.2 Å². The standard InChI is InChI=1S/C21H19FN4O3S/c1-14-6-7-15(22)12-19(14)30(27,28)25-10-8-16(13-25)26-20-17(4-2-9-23-20)24-21(26)18-5-3-11-29-18/h2-7,9,11-12,16H,8,10,13H2,1H3/t16-/m1/s1. The molecule has 4 heterocycles. The molecular weight excluding hydrogens is 407 g/mol. The first-order valence-electron chi connectivity index (χ1n) is 9.58. The van der Waals surface area contributed by atoms with Crippen LogP contribution < -0.4 is 0 Å². The number of hydrogen-bond donors (Lipinski definition) is 0. The van der Waals surface area contributed by atoms with E-state index < -0.39 is 15.8 Å². The van der Waals surface area contributed by atoms with Crippen molar-refractivity contribution in [2.45, 2.75) is 24.3 Å². The van der Waals surface area contributed by atoms with Gasteiger partial charge in [0, 0.05) is 19.3 Å². The van der Waals surface area contributed by atoms with Crippen LogP contribution in [0.25, 0.3) is 22.7 Å². The third-order valence-corrected chi connectivity index (χ3v) is 7.46. The number of imidazole rings is 1. The van der Waals surface area contributed by atoms with Crippen LogP contribution in [0.3, 0.4) is 0 Å². The van der Waals surface area contributed by atoms with Gasteiger partial charge in [-0.2, -0.15) is 4.31 Å². The predicted octanol–water partition coefficient (Wildman–Crippen LogP) is 3.77. The minimum Gasteiger partial charge on any atom is -0.461 e. The second kappa shape index (κ2) is 7.03. The number of benzene rings is 1. The van der Waals surface area contributed by atoms with Gasteiger partial charge in [-0.25, -0.2) is 22.8 Å². The Bertz CT molecular complexity index is 1330. The van der Waals surface area contributed by atoms with E-state index in [4.69, 9.17) is 4.42 Å². The third kappa shape index (κ3) is 3.01. The van der Waals surface area contributed by atoms with Gasteiger partial charge in [0.15, 0.2) is 17.2 Å². The summed E-state index contributed by atoms with van der Waals surface area (Å²) < 4.78 is 49.0. The van der Waals surface area contributed by atoms with Crippen LogP contribution in [0.2, 0.25) is 0 Å². The van der Waals surface area contributed by atoms with Gasteiger partial charge in [-0.05, 0) is 55.3 Å². The Balaban J connectivity index is 1.55. The summed E-state index contributed by atoms with van der Waals surface area (Å²) in [6, 6.07) is 10.9. The van der Waals surface area contributed by atoms with E-state index in [9.17, 15) is 12.8 Å². The first-order valence-corrected chi connectivity index (χ1v) is 11.0. The summed E-state index contributed by atoms with van der Waals surface area (Å²) >= 11 is 0. The van der Waals surface area contributed by atoms with Crippen molar-refractivity contribution in [3.63, 3.8) is 0 Å². The summed E-state index contributed by atoms with van der Waals surface area (Å²) in [6.45, 7) is 2.24. The minimum atomic E-state index is -3.82. The highest BCUT2D eigenvalue weighted by Crippen LogP contribution is 2.34. The summed E-state index contributed by atoms with van der Waals surface area (Å²) in [5, 5.41) is 0. The van der Waals surface area contributed by atoms with E-state index in [0.29, 0.717) is 41.3 Å². The molecule has 0 N–H and O–H groups in total. The highest BCUT2D eigenvalue weighted by Gasteiger charge is 2.36. The van der Waals surface area contributed by atoms with Crippen molar-refractivity contribution in [1.29, 1.82) is 0 Å². The molecule has 0 unspecified atom stereocenters. The molecule has 0 aliphatic carbocycles. The Morgan fingerprint density at radius 3 is 2.87 bits per heavy atom. The summed E-state index contributed by atoms with van der Waals surface area (Å²) in [6.07, 6.45) is 3.85. The van der Waals surface area contributed by atoms with E-state index in [-0.39, 0.29) is 17.5 Å². The molecule has 0 spiro atoms. The van der Waals surface area contributed by atoms with E-state index in [1.165, 1.54) is 16.4 Å². The molecule has 0 amide bonds. The molecule has 30 heavy (non-hydrogen) atoms. The molecule has 1 fully saturated rings. The average molecular weight is 426 g/mol. The number of pyridine rings is 1. The number of sulfonamides is 1. The van der Waals surface area contributed by atoms with Crippen molar-refractivity contribution >= 4 is 21.2 Å². The van der Waals surface area contributed by atoms with Crippen molar-refractivity contribution in [2.75, 3.05) is 13.1 Å². The maximum Gasteiger partial charge on any atom is 0.243 e. The lowest BCUT2D eigenvalue weighted by Crippen LogP contribution is -2.30. The molecule has 1 aromatic carbocycles. The molecule has 0 radical (unpaired) electrons. The van der Waals surface area contributed by atoms with Gasteiger partial charge in [-0.3, -0.25) is 0 Å². The second-order valence-corrected chi connectivity index (χ2v) is 9.25. The van der Waals surface area contributed by atoms with E-state index in [0.717, 1.165) is 6.07 Å². The van der Waals surface area contributed by atoms with Gasteiger partial charge in [0.2, 0.25) is 10.0 Å². The lowest BCUT2D eigenvalue weighted by atomic mass is 10.2. The minimum absolute atomic E-state index is 0.00280. The fourth-order valence-corrected chi connectivity index (χ4v) is 5.71. The molecule has 3 aromatic heterocycles. The summed E-state index contributed by atoms with van der Waals surface area (Å²) in [5.74, 6) is 0.634. The van der Waals surface area contributed by atoms with Crippen molar-refractivity contribution in [1.82, 2.24) is 18.8 Å². The van der Waals surface area contributed by atoms with Crippen LogP contribution in [0.5, 0.6) is 0 Å². The number of aromatic nitrogens is 3.